The summed E-state index contributed by atoms with van der Waals surface area (Å²) in [5.74, 6) is 0. The van der Waals surface area contributed by atoms with Crippen LogP contribution in [0.3, 0.4) is 0 Å². The molecule has 1 fully saturated rings. The molecule has 1 heterocycles. The average Bonchev–Trinajstić information content (AvgIpc) is 3.06. The monoisotopic (exact) mass is 327 g/mol. The molecule has 23 heavy (non-hydrogen) atoms. The summed E-state index contributed by atoms with van der Waals surface area (Å²) in [5.41, 5.74) is 4.09. The molecule has 0 unspecified atom stereocenters. The Kier molecular flexibility index (Phi) is 4.26. The maximum absolute atomic E-state index is 13.0. The summed E-state index contributed by atoms with van der Waals surface area (Å²) < 4.78 is 27.6. The van der Waals surface area contributed by atoms with Gasteiger partial charge in [0.1, 0.15) is 0 Å². The SMILES string of the molecule is C/C(=C1/CCCN1S(=O)(=O)c1ccc(C)cc1)c1ccccc1. The van der Waals surface area contributed by atoms with Crippen LogP contribution in [0.25, 0.3) is 5.57 Å². The van der Waals surface area contributed by atoms with Crippen LogP contribution in [0.1, 0.15) is 30.9 Å². The van der Waals surface area contributed by atoms with Crippen molar-refractivity contribution in [1.82, 2.24) is 4.31 Å². The van der Waals surface area contributed by atoms with E-state index < -0.39 is 10.0 Å². The van der Waals surface area contributed by atoms with Crippen LogP contribution in [0.2, 0.25) is 0 Å². The summed E-state index contributed by atoms with van der Waals surface area (Å²) in [6.45, 7) is 4.51. The second kappa shape index (κ2) is 6.20. The summed E-state index contributed by atoms with van der Waals surface area (Å²) >= 11 is 0. The van der Waals surface area contributed by atoms with Gasteiger partial charge in [-0.05, 0) is 50.0 Å². The maximum atomic E-state index is 13.0. The van der Waals surface area contributed by atoms with E-state index in [0.29, 0.717) is 11.4 Å². The third-order valence-corrected chi connectivity index (χ3v) is 6.18. The normalized spacial score (nSPS) is 17.4. The molecule has 120 valence electrons. The Morgan fingerprint density at radius 1 is 1.00 bits per heavy atom. The van der Waals surface area contributed by atoms with E-state index in [1.54, 1.807) is 16.4 Å². The van der Waals surface area contributed by atoms with Gasteiger partial charge in [0.15, 0.2) is 0 Å². The molecule has 2 aromatic rings. The number of nitrogens with zero attached hydrogens (tertiary/aromatic N) is 1. The van der Waals surface area contributed by atoms with Crippen LogP contribution in [0.15, 0.2) is 65.2 Å². The Morgan fingerprint density at radius 3 is 2.30 bits per heavy atom. The van der Waals surface area contributed by atoms with Crippen molar-refractivity contribution < 1.29 is 8.42 Å². The molecule has 4 heteroatoms. The highest BCUT2D eigenvalue weighted by Crippen LogP contribution is 2.34. The molecule has 0 bridgehead atoms. The Balaban J connectivity index is 2.03. The lowest BCUT2D eigenvalue weighted by Gasteiger charge is -2.22. The summed E-state index contributed by atoms with van der Waals surface area (Å²) in [7, 11) is -3.48. The van der Waals surface area contributed by atoms with Crippen molar-refractivity contribution in [1.29, 1.82) is 0 Å². The van der Waals surface area contributed by atoms with Crippen molar-refractivity contribution in [2.24, 2.45) is 0 Å². The van der Waals surface area contributed by atoms with Crippen LogP contribution in [0, 0.1) is 6.92 Å². The molecule has 1 aliphatic heterocycles. The van der Waals surface area contributed by atoms with E-state index in [0.717, 1.165) is 35.2 Å². The predicted molar refractivity (Wildman–Crippen MR) is 93.3 cm³/mol. The molecule has 3 nitrogen and oxygen atoms in total. The second-order valence-electron chi connectivity index (χ2n) is 5.93. The Labute approximate surface area is 138 Å². The van der Waals surface area contributed by atoms with Gasteiger partial charge >= 0.3 is 0 Å². The van der Waals surface area contributed by atoms with Gasteiger partial charge in [0.05, 0.1) is 4.90 Å². The fourth-order valence-electron chi connectivity index (χ4n) is 2.98. The zero-order valence-corrected chi connectivity index (χ0v) is 14.3. The van der Waals surface area contributed by atoms with Gasteiger partial charge in [0, 0.05) is 12.2 Å². The second-order valence-corrected chi connectivity index (χ2v) is 7.79. The van der Waals surface area contributed by atoms with Crippen LogP contribution in [0.4, 0.5) is 0 Å². The molecule has 3 rings (SSSR count). The first-order valence-electron chi connectivity index (χ1n) is 7.85. The van der Waals surface area contributed by atoms with Gasteiger partial charge in [-0.1, -0.05) is 48.0 Å². The van der Waals surface area contributed by atoms with Crippen molar-refractivity contribution in [3.63, 3.8) is 0 Å². The molecule has 0 aliphatic carbocycles. The Morgan fingerprint density at radius 2 is 1.65 bits per heavy atom. The van der Waals surface area contributed by atoms with Crippen LogP contribution in [-0.2, 0) is 10.0 Å². The fraction of sp³-hybridized carbons (Fsp3) is 0.263. The molecule has 1 aliphatic rings. The highest BCUT2D eigenvalue weighted by Gasteiger charge is 2.31. The van der Waals surface area contributed by atoms with Crippen molar-refractivity contribution in [2.45, 2.75) is 31.6 Å². The van der Waals surface area contributed by atoms with E-state index in [2.05, 4.69) is 0 Å². The van der Waals surface area contributed by atoms with Crippen molar-refractivity contribution in [2.75, 3.05) is 6.54 Å². The third-order valence-electron chi connectivity index (χ3n) is 4.32. The molecular formula is C19H21NO2S. The quantitative estimate of drug-likeness (QED) is 0.847. The number of aryl methyl sites for hydroxylation is 1. The smallest absolute Gasteiger partial charge is 0.264 e. The van der Waals surface area contributed by atoms with E-state index in [1.807, 2.05) is 56.3 Å². The molecule has 0 radical (unpaired) electrons. The highest BCUT2D eigenvalue weighted by molar-refractivity contribution is 7.89. The molecular weight excluding hydrogens is 306 g/mol. The number of rotatable bonds is 3. The lowest BCUT2D eigenvalue weighted by Crippen LogP contribution is -2.27. The molecule has 0 saturated carbocycles. The van der Waals surface area contributed by atoms with Crippen molar-refractivity contribution in [3.8, 4) is 0 Å². The van der Waals surface area contributed by atoms with Gasteiger partial charge in [-0.15, -0.1) is 0 Å². The topological polar surface area (TPSA) is 37.4 Å². The van der Waals surface area contributed by atoms with Gasteiger partial charge in [-0.3, -0.25) is 4.31 Å². The minimum absolute atomic E-state index is 0.364. The van der Waals surface area contributed by atoms with Crippen molar-refractivity contribution >= 4 is 15.6 Å². The number of allylic oxidation sites excluding steroid dienone is 2. The van der Waals surface area contributed by atoms with Crippen molar-refractivity contribution in [3.05, 3.63) is 71.4 Å². The molecule has 2 aromatic carbocycles. The third kappa shape index (κ3) is 3.04. The van der Waals surface area contributed by atoms with Crippen LogP contribution >= 0.6 is 0 Å². The van der Waals surface area contributed by atoms with Crippen LogP contribution in [-0.4, -0.2) is 19.3 Å². The molecule has 0 aromatic heterocycles. The van der Waals surface area contributed by atoms with E-state index >= 15 is 0 Å². The average molecular weight is 327 g/mol. The Hall–Kier alpha value is -2.07. The first kappa shape index (κ1) is 15.8. The summed E-state index contributed by atoms with van der Waals surface area (Å²) in [4.78, 5) is 0.364. The Bertz CT molecular complexity index is 821. The number of sulfonamides is 1. The van der Waals surface area contributed by atoms with Gasteiger partial charge in [0.2, 0.25) is 0 Å². The van der Waals surface area contributed by atoms with Gasteiger partial charge in [-0.2, -0.15) is 0 Å². The summed E-state index contributed by atoms with van der Waals surface area (Å²) in [6.07, 6.45) is 1.66. The lowest BCUT2D eigenvalue weighted by molar-refractivity contribution is 0.511. The maximum Gasteiger partial charge on any atom is 0.264 e. The van der Waals surface area contributed by atoms with E-state index in [4.69, 9.17) is 0 Å². The number of hydrogen-bond donors (Lipinski definition) is 0. The van der Waals surface area contributed by atoms with E-state index in [1.165, 1.54) is 0 Å². The zero-order valence-electron chi connectivity index (χ0n) is 13.5. The standard InChI is InChI=1S/C19H21NO2S/c1-15-10-12-18(13-11-15)23(21,22)20-14-6-9-19(20)16(2)17-7-4-3-5-8-17/h3-5,7-8,10-13H,6,9,14H2,1-2H3/b19-16+. The molecule has 0 N–H and O–H groups in total. The first-order chi connectivity index (χ1) is 11.0. The number of benzene rings is 2. The highest BCUT2D eigenvalue weighted by atomic mass is 32.2. The predicted octanol–water partition coefficient (Wildman–Crippen LogP) is 4.21. The molecule has 0 amide bonds. The molecule has 1 saturated heterocycles. The number of hydrogen-bond acceptors (Lipinski definition) is 2. The van der Waals surface area contributed by atoms with Gasteiger partial charge in [0.25, 0.3) is 10.0 Å². The van der Waals surface area contributed by atoms with E-state index in [9.17, 15) is 8.42 Å². The molecule has 0 spiro atoms. The summed E-state index contributed by atoms with van der Waals surface area (Å²) in [5, 5.41) is 0. The minimum Gasteiger partial charge on any atom is -0.270 e. The first-order valence-corrected chi connectivity index (χ1v) is 9.29. The lowest BCUT2D eigenvalue weighted by atomic mass is 10.0. The summed E-state index contributed by atoms with van der Waals surface area (Å²) in [6, 6.07) is 17.1. The largest absolute Gasteiger partial charge is 0.270 e. The van der Waals surface area contributed by atoms with Gasteiger partial charge < -0.3 is 0 Å². The van der Waals surface area contributed by atoms with Crippen LogP contribution in [0.5, 0.6) is 0 Å². The zero-order chi connectivity index (χ0) is 16.4. The molecule has 0 atom stereocenters. The van der Waals surface area contributed by atoms with Crippen LogP contribution < -0.4 is 0 Å². The van der Waals surface area contributed by atoms with Gasteiger partial charge in [-0.25, -0.2) is 8.42 Å². The minimum atomic E-state index is -3.48. The fourth-order valence-corrected chi connectivity index (χ4v) is 4.60. The van der Waals surface area contributed by atoms with E-state index in [-0.39, 0.29) is 0 Å².